The fourth-order valence-electron chi connectivity index (χ4n) is 3.08. The van der Waals surface area contributed by atoms with Crippen molar-refractivity contribution < 1.29 is 23.8 Å². The summed E-state index contributed by atoms with van der Waals surface area (Å²) >= 11 is 1.27. The highest BCUT2D eigenvalue weighted by atomic mass is 32.1. The van der Waals surface area contributed by atoms with Gasteiger partial charge in [-0.05, 0) is 56.5 Å². The number of hydrogen-bond donors (Lipinski definition) is 1. The zero-order valence-electron chi connectivity index (χ0n) is 19.7. The van der Waals surface area contributed by atoms with Gasteiger partial charge in [0, 0.05) is 4.88 Å². The summed E-state index contributed by atoms with van der Waals surface area (Å²) in [4.78, 5) is 26.1. The molecule has 0 saturated heterocycles. The van der Waals surface area contributed by atoms with Crippen molar-refractivity contribution in [3.05, 3.63) is 45.3 Å². The van der Waals surface area contributed by atoms with E-state index in [-0.39, 0.29) is 12.2 Å². The second-order valence-corrected chi connectivity index (χ2v) is 8.52. The first-order valence-electron chi connectivity index (χ1n) is 10.9. The number of carbonyl (C=O) groups is 2. The Morgan fingerprint density at radius 3 is 2.58 bits per heavy atom. The molecule has 0 aliphatic carbocycles. The number of hydrogen-bond acceptors (Lipinski definition) is 7. The number of nitrogens with one attached hydrogen (secondary N) is 1. The fourth-order valence-corrected chi connectivity index (χ4v) is 4.12. The van der Waals surface area contributed by atoms with Gasteiger partial charge >= 0.3 is 5.97 Å². The van der Waals surface area contributed by atoms with Gasteiger partial charge in [0.2, 0.25) is 0 Å². The molecule has 0 radical (unpaired) electrons. The quantitative estimate of drug-likeness (QED) is 0.197. The molecule has 176 valence electrons. The molecule has 8 heteroatoms. The number of nitrogens with zero attached hydrogens (tertiary/aromatic N) is 1. The van der Waals surface area contributed by atoms with E-state index in [4.69, 9.17) is 14.2 Å². The third-order valence-electron chi connectivity index (χ3n) is 4.96. The van der Waals surface area contributed by atoms with Crippen molar-refractivity contribution in [3.63, 3.8) is 0 Å². The number of benzene rings is 1. The SMILES string of the molecule is CCCCCOc1ccc(/C=C(\C#N)C(=O)Nc2sc(C)c(C)c2C(=O)OCC)cc1OC. The van der Waals surface area contributed by atoms with Crippen LogP contribution in [0.2, 0.25) is 0 Å². The number of unbranched alkanes of at least 4 members (excludes halogenated alkanes) is 2. The van der Waals surface area contributed by atoms with Gasteiger partial charge in [0.25, 0.3) is 5.91 Å². The number of anilines is 1. The van der Waals surface area contributed by atoms with E-state index < -0.39 is 11.9 Å². The zero-order valence-corrected chi connectivity index (χ0v) is 20.6. The van der Waals surface area contributed by atoms with Crippen molar-refractivity contribution in [1.29, 1.82) is 5.26 Å². The summed E-state index contributed by atoms with van der Waals surface area (Å²) in [5.74, 6) is 0.0175. The van der Waals surface area contributed by atoms with Crippen molar-refractivity contribution in [3.8, 4) is 17.6 Å². The van der Waals surface area contributed by atoms with Crippen molar-refractivity contribution >= 4 is 34.3 Å². The number of methoxy groups -OCH3 is 1. The Morgan fingerprint density at radius 2 is 1.94 bits per heavy atom. The van der Waals surface area contributed by atoms with Gasteiger partial charge in [0.1, 0.15) is 16.6 Å². The van der Waals surface area contributed by atoms with Crippen LogP contribution in [0.1, 0.15) is 59.5 Å². The minimum atomic E-state index is -0.608. The molecule has 0 atom stereocenters. The minimum absolute atomic E-state index is 0.104. The molecule has 0 fully saturated rings. The van der Waals surface area contributed by atoms with Crippen molar-refractivity contribution in [2.45, 2.75) is 47.0 Å². The van der Waals surface area contributed by atoms with Gasteiger partial charge in [0.15, 0.2) is 11.5 Å². The smallest absolute Gasteiger partial charge is 0.341 e. The average molecular weight is 471 g/mol. The first-order valence-corrected chi connectivity index (χ1v) is 11.7. The van der Waals surface area contributed by atoms with E-state index in [1.54, 1.807) is 32.0 Å². The van der Waals surface area contributed by atoms with E-state index in [9.17, 15) is 14.9 Å². The number of nitriles is 1. The Balaban J connectivity index is 2.24. The summed E-state index contributed by atoms with van der Waals surface area (Å²) < 4.78 is 16.3. The van der Waals surface area contributed by atoms with Crippen LogP contribution < -0.4 is 14.8 Å². The van der Waals surface area contributed by atoms with E-state index in [2.05, 4.69) is 12.2 Å². The summed E-state index contributed by atoms with van der Waals surface area (Å²) in [7, 11) is 1.54. The molecule has 0 saturated carbocycles. The second-order valence-electron chi connectivity index (χ2n) is 7.30. The average Bonchev–Trinajstić information content (AvgIpc) is 3.08. The Kier molecular flexibility index (Phi) is 9.95. The molecule has 2 aromatic rings. The third-order valence-corrected chi connectivity index (χ3v) is 6.08. The standard InChI is InChI=1S/C25H30N2O5S/c1-6-8-9-12-32-20-11-10-18(14-21(20)30-5)13-19(15-26)23(28)27-24-22(25(29)31-7-2)16(3)17(4)33-24/h10-11,13-14H,6-9,12H2,1-5H3,(H,27,28)/b19-13+. The molecule has 2 rings (SSSR count). The molecule has 33 heavy (non-hydrogen) atoms. The molecule has 0 bridgehead atoms. The molecule has 1 aromatic heterocycles. The van der Waals surface area contributed by atoms with Crippen LogP contribution in [0.25, 0.3) is 6.08 Å². The van der Waals surface area contributed by atoms with Crippen LogP contribution in [0.4, 0.5) is 5.00 Å². The van der Waals surface area contributed by atoms with Crippen LogP contribution in [0.3, 0.4) is 0 Å². The van der Waals surface area contributed by atoms with Gasteiger partial charge in [0.05, 0.1) is 25.9 Å². The van der Waals surface area contributed by atoms with Crippen LogP contribution in [-0.2, 0) is 9.53 Å². The van der Waals surface area contributed by atoms with Crippen LogP contribution in [0.5, 0.6) is 11.5 Å². The van der Waals surface area contributed by atoms with Gasteiger partial charge in [-0.3, -0.25) is 4.79 Å². The molecular formula is C25H30N2O5S. The van der Waals surface area contributed by atoms with Crippen molar-refractivity contribution in [2.24, 2.45) is 0 Å². The fraction of sp³-hybridized carbons (Fsp3) is 0.400. The summed E-state index contributed by atoms with van der Waals surface area (Å²) in [5, 5.41) is 12.6. The topological polar surface area (TPSA) is 97.7 Å². The molecule has 0 aliphatic heterocycles. The second kappa shape index (κ2) is 12.7. The van der Waals surface area contributed by atoms with Crippen LogP contribution >= 0.6 is 11.3 Å². The molecular weight excluding hydrogens is 440 g/mol. The highest BCUT2D eigenvalue weighted by Gasteiger charge is 2.23. The van der Waals surface area contributed by atoms with Crippen molar-refractivity contribution in [1.82, 2.24) is 0 Å². The van der Waals surface area contributed by atoms with E-state index in [0.717, 1.165) is 29.7 Å². The third kappa shape index (κ3) is 6.83. The van der Waals surface area contributed by atoms with Crippen LogP contribution in [-0.4, -0.2) is 32.2 Å². The molecule has 0 spiro atoms. The Hall–Kier alpha value is -3.31. The maximum atomic E-state index is 12.8. The number of ether oxygens (including phenoxy) is 3. The minimum Gasteiger partial charge on any atom is -0.493 e. The first kappa shape index (κ1) is 25.9. The van der Waals surface area contributed by atoms with Crippen LogP contribution in [0, 0.1) is 25.2 Å². The van der Waals surface area contributed by atoms with Gasteiger partial charge in [-0.1, -0.05) is 25.8 Å². The lowest BCUT2D eigenvalue weighted by molar-refractivity contribution is -0.112. The van der Waals surface area contributed by atoms with Gasteiger partial charge in [-0.25, -0.2) is 4.79 Å². The number of rotatable bonds is 11. The molecule has 0 unspecified atom stereocenters. The Bertz CT molecular complexity index is 1070. The predicted octanol–water partition coefficient (Wildman–Crippen LogP) is 5.66. The van der Waals surface area contributed by atoms with Gasteiger partial charge < -0.3 is 19.5 Å². The van der Waals surface area contributed by atoms with E-state index >= 15 is 0 Å². The molecule has 0 aliphatic rings. The van der Waals surface area contributed by atoms with Gasteiger partial charge in [-0.15, -0.1) is 11.3 Å². The Morgan fingerprint density at radius 1 is 1.18 bits per heavy atom. The number of amides is 1. The lowest BCUT2D eigenvalue weighted by Crippen LogP contribution is -2.16. The summed E-state index contributed by atoms with van der Waals surface area (Å²) in [5.41, 5.74) is 1.57. The highest BCUT2D eigenvalue weighted by molar-refractivity contribution is 7.16. The maximum Gasteiger partial charge on any atom is 0.341 e. The number of aryl methyl sites for hydroxylation is 1. The lowest BCUT2D eigenvalue weighted by Gasteiger charge is -2.11. The molecule has 1 amide bonds. The summed E-state index contributed by atoms with van der Waals surface area (Å²) in [6, 6.07) is 7.16. The van der Waals surface area contributed by atoms with E-state index in [1.165, 1.54) is 24.5 Å². The van der Waals surface area contributed by atoms with Crippen LogP contribution in [0.15, 0.2) is 23.8 Å². The molecule has 1 heterocycles. The van der Waals surface area contributed by atoms with E-state index in [0.29, 0.717) is 34.2 Å². The normalized spacial score (nSPS) is 11.0. The molecule has 1 aromatic carbocycles. The number of thiophene rings is 1. The first-order chi connectivity index (χ1) is 15.9. The molecule has 1 N–H and O–H groups in total. The van der Waals surface area contributed by atoms with E-state index in [1.807, 2.05) is 13.0 Å². The van der Waals surface area contributed by atoms with Gasteiger partial charge in [-0.2, -0.15) is 5.26 Å². The summed E-state index contributed by atoms with van der Waals surface area (Å²) in [6.07, 6.45) is 4.62. The monoisotopic (exact) mass is 470 g/mol. The zero-order chi connectivity index (χ0) is 24.4. The number of carbonyl (C=O) groups excluding carboxylic acids is 2. The lowest BCUT2D eigenvalue weighted by atomic mass is 10.1. The number of esters is 1. The maximum absolute atomic E-state index is 12.8. The Labute approximate surface area is 199 Å². The van der Waals surface area contributed by atoms with Crippen molar-refractivity contribution in [2.75, 3.05) is 25.6 Å². The largest absolute Gasteiger partial charge is 0.493 e. The highest BCUT2D eigenvalue weighted by Crippen LogP contribution is 2.34. The summed E-state index contributed by atoms with van der Waals surface area (Å²) in [6.45, 7) is 8.32. The molecule has 7 nitrogen and oxygen atoms in total. The predicted molar refractivity (Wildman–Crippen MR) is 130 cm³/mol.